The number of rotatable bonds is 8. The van der Waals surface area contributed by atoms with Gasteiger partial charge in [-0.05, 0) is 79.4 Å². The minimum Gasteiger partial charge on any atom is -0.457 e. The second-order valence-corrected chi connectivity index (χ2v) is 10.1. The molecule has 1 aromatic heterocycles. The Kier molecular flexibility index (Phi) is 9.33. The Bertz CT molecular complexity index is 1480. The molecule has 0 unspecified atom stereocenters. The average molecular weight is 586 g/mol. The first-order chi connectivity index (χ1) is 19.6. The summed E-state index contributed by atoms with van der Waals surface area (Å²) in [4.78, 5) is 15.3. The van der Waals surface area contributed by atoms with E-state index in [4.69, 9.17) is 10.5 Å². The van der Waals surface area contributed by atoms with Crippen LogP contribution in [0.3, 0.4) is 0 Å². The number of amides is 1. The highest BCUT2D eigenvalue weighted by atomic mass is 32.2. The molecule has 12 heteroatoms. The van der Waals surface area contributed by atoms with Gasteiger partial charge < -0.3 is 20.7 Å². The first-order valence-electron chi connectivity index (χ1n) is 12.5. The maximum Gasteiger partial charge on any atom is 0.422 e. The lowest BCUT2D eigenvalue weighted by Gasteiger charge is -2.34. The molecule has 0 atom stereocenters. The molecular formula is C29H27F4N5O2S. The van der Waals surface area contributed by atoms with Gasteiger partial charge in [-0.1, -0.05) is 18.3 Å². The predicted molar refractivity (Wildman–Crippen MR) is 153 cm³/mol. The molecular weight excluding hydrogens is 558 g/mol. The van der Waals surface area contributed by atoms with Crippen molar-refractivity contribution in [2.45, 2.75) is 25.9 Å². The molecule has 0 saturated carbocycles. The minimum absolute atomic E-state index is 0.0289. The van der Waals surface area contributed by atoms with E-state index in [1.165, 1.54) is 53.5 Å². The second-order valence-electron chi connectivity index (χ2n) is 9.17. The van der Waals surface area contributed by atoms with Gasteiger partial charge in [0, 0.05) is 29.1 Å². The molecule has 0 bridgehead atoms. The zero-order valence-electron chi connectivity index (χ0n) is 22.0. The topological polar surface area (TPSA) is 93.4 Å². The number of nitrogens with zero attached hydrogens (tertiary/aromatic N) is 3. The van der Waals surface area contributed by atoms with E-state index in [1.807, 2.05) is 0 Å². The SMILES string of the molecule is C=C(S/C=C(\C)C(=O)Nc1ccc(Oc2ccc(F)cc2)c(C(F)(F)F)c1N1CCC/C(=C/N)C1)c1ccnnc1. The van der Waals surface area contributed by atoms with Crippen LogP contribution in [0.15, 0.2) is 84.2 Å². The number of piperidine rings is 1. The van der Waals surface area contributed by atoms with E-state index >= 15 is 0 Å². The number of hydrogen-bond donors (Lipinski definition) is 2. The molecule has 1 aliphatic rings. The summed E-state index contributed by atoms with van der Waals surface area (Å²) in [6, 6.07) is 8.88. The number of nitrogens with one attached hydrogen (secondary N) is 1. The number of alkyl halides is 3. The Morgan fingerprint density at radius 3 is 2.59 bits per heavy atom. The van der Waals surface area contributed by atoms with Gasteiger partial charge in [-0.25, -0.2) is 4.39 Å². The van der Waals surface area contributed by atoms with Gasteiger partial charge in [0.1, 0.15) is 22.9 Å². The molecule has 1 fully saturated rings. The molecule has 4 rings (SSSR count). The molecule has 214 valence electrons. The van der Waals surface area contributed by atoms with E-state index in [-0.39, 0.29) is 29.2 Å². The molecule has 2 aromatic carbocycles. The van der Waals surface area contributed by atoms with Crippen LogP contribution >= 0.6 is 11.8 Å². The molecule has 7 nitrogen and oxygen atoms in total. The lowest BCUT2D eigenvalue weighted by molar-refractivity contribution is -0.138. The first-order valence-corrected chi connectivity index (χ1v) is 13.4. The van der Waals surface area contributed by atoms with Gasteiger partial charge in [0.15, 0.2) is 0 Å². The van der Waals surface area contributed by atoms with E-state index in [1.54, 1.807) is 18.4 Å². The number of nitrogens with two attached hydrogens (primary N) is 1. The smallest absolute Gasteiger partial charge is 0.422 e. The molecule has 1 saturated heterocycles. The monoisotopic (exact) mass is 585 g/mol. The van der Waals surface area contributed by atoms with Crippen LogP contribution in [0.25, 0.3) is 4.91 Å². The van der Waals surface area contributed by atoms with Crippen LogP contribution in [0.4, 0.5) is 28.9 Å². The van der Waals surface area contributed by atoms with Crippen molar-refractivity contribution in [1.29, 1.82) is 0 Å². The lowest BCUT2D eigenvalue weighted by Crippen LogP contribution is -2.34. The Balaban J connectivity index is 1.71. The molecule has 3 N–H and O–H groups in total. The van der Waals surface area contributed by atoms with Crippen LogP contribution in [0.1, 0.15) is 30.9 Å². The van der Waals surface area contributed by atoms with Crippen molar-refractivity contribution in [1.82, 2.24) is 10.2 Å². The summed E-state index contributed by atoms with van der Waals surface area (Å²) in [7, 11) is 0. The summed E-state index contributed by atoms with van der Waals surface area (Å²) in [6.07, 6.45) is 0.801. The van der Waals surface area contributed by atoms with Gasteiger partial charge >= 0.3 is 6.18 Å². The minimum atomic E-state index is -4.85. The third-order valence-electron chi connectivity index (χ3n) is 6.23. The lowest BCUT2D eigenvalue weighted by atomic mass is 10.0. The molecule has 0 radical (unpaired) electrons. The largest absolute Gasteiger partial charge is 0.457 e. The number of thioether (sulfide) groups is 1. The van der Waals surface area contributed by atoms with Gasteiger partial charge in [-0.15, -0.1) is 0 Å². The Labute approximate surface area is 238 Å². The van der Waals surface area contributed by atoms with Crippen molar-refractivity contribution in [3.05, 3.63) is 101 Å². The fourth-order valence-corrected chi connectivity index (χ4v) is 4.86. The highest BCUT2D eigenvalue weighted by molar-refractivity contribution is 8.10. The number of ether oxygens (including phenoxy) is 1. The van der Waals surface area contributed by atoms with E-state index in [9.17, 15) is 22.4 Å². The zero-order chi connectivity index (χ0) is 29.6. The zero-order valence-corrected chi connectivity index (χ0v) is 22.9. The van der Waals surface area contributed by atoms with E-state index in [0.29, 0.717) is 24.3 Å². The van der Waals surface area contributed by atoms with Crippen molar-refractivity contribution in [2.24, 2.45) is 5.73 Å². The number of benzene rings is 2. The number of halogens is 4. The highest BCUT2D eigenvalue weighted by Gasteiger charge is 2.41. The normalized spacial score (nSPS) is 15.1. The van der Waals surface area contributed by atoms with Crippen molar-refractivity contribution < 1.29 is 27.1 Å². The van der Waals surface area contributed by atoms with Crippen LogP contribution in [0.5, 0.6) is 11.5 Å². The van der Waals surface area contributed by atoms with Crippen LogP contribution in [-0.4, -0.2) is 29.2 Å². The predicted octanol–water partition coefficient (Wildman–Crippen LogP) is 7.12. The maximum absolute atomic E-state index is 14.7. The van der Waals surface area contributed by atoms with Crippen molar-refractivity contribution in [2.75, 3.05) is 23.3 Å². The maximum atomic E-state index is 14.7. The number of carbonyl (C=O) groups is 1. The van der Waals surface area contributed by atoms with Gasteiger partial charge in [-0.2, -0.15) is 23.4 Å². The Hall–Kier alpha value is -4.32. The highest BCUT2D eigenvalue weighted by Crippen LogP contribution is 2.48. The Morgan fingerprint density at radius 2 is 1.93 bits per heavy atom. The molecule has 0 aliphatic carbocycles. The second kappa shape index (κ2) is 12.9. The summed E-state index contributed by atoms with van der Waals surface area (Å²) in [5.41, 5.74) is 6.11. The number of carbonyl (C=O) groups excluding carboxylic acids is 1. The van der Waals surface area contributed by atoms with Crippen LogP contribution in [0, 0.1) is 5.82 Å². The molecule has 41 heavy (non-hydrogen) atoms. The summed E-state index contributed by atoms with van der Waals surface area (Å²) in [5.74, 6) is -1.59. The van der Waals surface area contributed by atoms with Gasteiger partial charge in [-0.3, -0.25) is 4.79 Å². The summed E-state index contributed by atoms with van der Waals surface area (Å²) in [5, 5.41) is 11.7. The average Bonchev–Trinajstić information content (AvgIpc) is 2.97. The van der Waals surface area contributed by atoms with Crippen LogP contribution in [0.2, 0.25) is 0 Å². The fraction of sp³-hybridized carbons (Fsp3) is 0.207. The number of hydrogen-bond acceptors (Lipinski definition) is 7. The number of anilines is 2. The Morgan fingerprint density at radius 1 is 1.17 bits per heavy atom. The summed E-state index contributed by atoms with van der Waals surface area (Å²) in [6.45, 7) is 5.95. The van der Waals surface area contributed by atoms with Crippen molar-refractivity contribution >= 4 is 33.9 Å². The number of aromatic nitrogens is 2. The third-order valence-corrected chi connectivity index (χ3v) is 7.22. The van der Waals surface area contributed by atoms with Crippen molar-refractivity contribution in [3.63, 3.8) is 0 Å². The van der Waals surface area contributed by atoms with Crippen LogP contribution in [-0.2, 0) is 11.0 Å². The molecule has 3 aromatic rings. The molecule has 1 aliphatic heterocycles. The van der Waals surface area contributed by atoms with Crippen LogP contribution < -0.4 is 20.7 Å². The van der Waals surface area contributed by atoms with Gasteiger partial charge in [0.25, 0.3) is 5.91 Å². The first kappa shape index (κ1) is 29.7. The van der Waals surface area contributed by atoms with E-state index < -0.39 is 29.2 Å². The van der Waals surface area contributed by atoms with Gasteiger partial charge in [0.05, 0.1) is 23.8 Å². The van der Waals surface area contributed by atoms with Crippen molar-refractivity contribution in [3.8, 4) is 11.5 Å². The van der Waals surface area contributed by atoms with E-state index in [0.717, 1.165) is 29.3 Å². The van der Waals surface area contributed by atoms with E-state index in [2.05, 4.69) is 22.1 Å². The molecule has 2 heterocycles. The quantitative estimate of drug-likeness (QED) is 0.215. The van der Waals surface area contributed by atoms with Gasteiger partial charge in [0.2, 0.25) is 0 Å². The molecule has 0 spiro atoms. The summed E-state index contributed by atoms with van der Waals surface area (Å²) < 4.78 is 63.1. The third kappa shape index (κ3) is 7.46. The summed E-state index contributed by atoms with van der Waals surface area (Å²) >= 11 is 1.18. The fourth-order valence-electron chi connectivity index (χ4n) is 4.18. The molecule has 1 amide bonds. The standard InChI is InChI=1S/C29H27F4N5O2S/c1-18(17-41-19(2)21-11-12-35-36-15-21)28(39)37-24-9-10-25(40-23-7-5-22(30)6-8-23)26(29(31,32)33)27(24)38-13-3-4-20(14-34)16-38/h5-12,14-15,17H,2-4,13,16,34H2,1H3,(H,37,39)/b18-17+,20-14-.